The first-order valence-corrected chi connectivity index (χ1v) is 28.1. The average molecular weight is 1050 g/mol. The standard InChI is InChI=1S/C75H61FN4O/c1-73(2,3)51-32-34-52(35-33-51)75(65-28-15-13-24-61(65)62-38-36-55(76)45-66(62)75)54-42-56(46-58(43-54)81-57-37-39-64-63-25-14-16-29-67(63)80(70(64)47-57)71-44-53(40-41-77-71)74(4,5)6)78-48-79(69-31-18-17-30-68(69)78)72-59(49-20-9-7-10-21-49)26-19-27-60(72)50-22-11-8-12-23-50/h7-47H,48H2,1-6H3. The molecule has 0 amide bonds. The minimum absolute atomic E-state index is 0.0755. The fourth-order valence-electron chi connectivity index (χ4n) is 12.8. The third-order valence-electron chi connectivity index (χ3n) is 16.8. The number of hydrogen-bond acceptors (Lipinski definition) is 4. The SMILES string of the molecule is CC(C)(C)c1ccc(C2(c3cc(Oc4ccc5c6ccccc6n(-c6cc(C(C)(C)C)ccn6)c5c4)cc(N4CN(c5c(-c6ccccc6)cccc5-c5ccccc5)c5ccccc54)c3)c3ccccc3-c3ccc(F)cc32)cc1. The molecular formula is C75H61FN4O. The van der Waals surface area contributed by atoms with E-state index in [4.69, 9.17) is 9.72 Å². The molecule has 0 fully saturated rings. The summed E-state index contributed by atoms with van der Waals surface area (Å²) in [6.07, 6.45) is 1.92. The van der Waals surface area contributed by atoms with Crippen LogP contribution >= 0.6 is 0 Å². The molecule has 0 radical (unpaired) electrons. The lowest BCUT2D eigenvalue weighted by molar-refractivity contribution is 0.482. The lowest BCUT2D eigenvalue weighted by Crippen LogP contribution is -2.30. The number of halogens is 1. The number of aromatic nitrogens is 2. The van der Waals surface area contributed by atoms with Gasteiger partial charge in [-0.3, -0.25) is 4.57 Å². The summed E-state index contributed by atoms with van der Waals surface area (Å²) in [5.41, 5.74) is 18.1. The Kier molecular flexibility index (Phi) is 11.7. The van der Waals surface area contributed by atoms with E-state index in [2.05, 4.69) is 280 Å². The van der Waals surface area contributed by atoms with Crippen molar-refractivity contribution >= 4 is 44.6 Å². The van der Waals surface area contributed by atoms with Gasteiger partial charge >= 0.3 is 0 Å². The highest BCUT2D eigenvalue weighted by molar-refractivity contribution is 6.09. The van der Waals surface area contributed by atoms with Crippen LogP contribution in [0.5, 0.6) is 11.5 Å². The molecule has 81 heavy (non-hydrogen) atoms. The van der Waals surface area contributed by atoms with E-state index in [1.807, 2.05) is 12.3 Å². The van der Waals surface area contributed by atoms with Crippen molar-refractivity contribution in [2.75, 3.05) is 16.5 Å². The molecule has 1 aliphatic carbocycles. The van der Waals surface area contributed by atoms with Crippen LogP contribution in [0.2, 0.25) is 0 Å². The van der Waals surface area contributed by atoms with Gasteiger partial charge in [-0.1, -0.05) is 205 Å². The Bertz CT molecular complexity index is 4340. The highest BCUT2D eigenvalue weighted by Gasteiger charge is 2.47. The molecule has 12 aromatic rings. The Morgan fingerprint density at radius 1 is 0.444 bits per heavy atom. The molecular weight excluding hydrogens is 992 g/mol. The van der Waals surface area contributed by atoms with Crippen LogP contribution in [0.1, 0.15) is 74.9 Å². The zero-order chi connectivity index (χ0) is 55.2. The fraction of sp³-hybridized carbons (Fsp3) is 0.133. The predicted molar refractivity (Wildman–Crippen MR) is 333 cm³/mol. The van der Waals surface area contributed by atoms with Crippen molar-refractivity contribution in [2.45, 2.75) is 57.8 Å². The quantitative estimate of drug-likeness (QED) is 0.144. The number of anilines is 4. The van der Waals surface area contributed by atoms with Gasteiger partial charge in [0.2, 0.25) is 0 Å². The number of hydrogen-bond donors (Lipinski definition) is 0. The maximum Gasteiger partial charge on any atom is 0.137 e. The van der Waals surface area contributed by atoms with Crippen LogP contribution in [-0.2, 0) is 16.2 Å². The summed E-state index contributed by atoms with van der Waals surface area (Å²) in [6, 6.07) is 85.7. The second-order valence-corrected chi connectivity index (χ2v) is 23.7. The molecule has 10 aromatic carbocycles. The molecule has 1 unspecified atom stereocenters. The smallest absolute Gasteiger partial charge is 0.137 e. The van der Waals surface area contributed by atoms with E-state index in [1.165, 1.54) is 11.1 Å². The van der Waals surface area contributed by atoms with Gasteiger partial charge in [-0.2, -0.15) is 0 Å². The normalized spacial score (nSPS) is 14.8. The molecule has 0 spiro atoms. The summed E-state index contributed by atoms with van der Waals surface area (Å²) in [4.78, 5) is 9.89. The summed E-state index contributed by atoms with van der Waals surface area (Å²) in [7, 11) is 0. The molecule has 0 saturated carbocycles. The molecule has 2 aromatic heterocycles. The lowest BCUT2D eigenvalue weighted by Gasteiger charge is -2.35. The topological polar surface area (TPSA) is 33.5 Å². The Labute approximate surface area is 473 Å². The van der Waals surface area contributed by atoms with Crippen LogP contribution in [0.3, 0.4) is 0 Å². The Balaban J connectivity index is 1.01. The Morgan fingerprint density at radius 3 is 1.78 bits per heavy atom. The monoisotopic (exact) mass is 1050 g/mol. The fourth-order valence-corrected chi connectivity index (χ4v) is 12.8. The second kappa shape index (κ2) is 19.1. The Morgan fingerprint density at radius 2 is 1.06 bits per heavy atom. The average Bonchev–Trinajstić information content (AvgIpc) is 4.30. The van der Waals surface area contributed by atoms with Crippen LogP contribution in [0, 0.1) is 5.82 Å². The highest BCUT2D eigenvalue weighted by atomic mass is 19.1. The Hall–Kier alpha value is -9.52. The number of benzene rings is 10. The predicted octanol–water partition coefficient (Wildman–Crippen LogP) is 19.6. The zero-order valence-electron chi connectivity index (χ0n) is 46.5. The van der Waals surface area contributed by atoms with Crippen LogP contribution < -0.4 is 14.5 Å². The molecule has 0 bridgehead atoms. The number of nitrogens with zero attached hydrogens (tertiary/aromatic N) is 4. The third-order valence-corrected chi connectivity index (χ3v) is 16.8. The summed E-state index contributed by atoms with van der Waals surface area (Å²) >= 11 is 0. The van der Waals surface area contributed by atoms with E-state index in [0.717, 1.165) is 106 Å². The van der Waals surface area contributed by atoms with Crippen LogP contribution in [0.15, 0.2) is 249 Å². The van der Waals surface area contributed by atoms with Gasteiger partial charge in [-0.05, 0) is 133 Å². The van der Waals surface area contributed by atoms with Crippen molar-refractivity contribution in [1.29, 1.82) is 0 Å². The lowest BCUT2D eigenvalue weighted by atomic mass is 9.67. The summed E-state index contributed by atoms with van der Waals surface area (Å²) in [5, 5.41) is 2.24. The first kappa shape index (κ1) is 49.8. The van der Waals surface area contributed by atoms with Gasteiger partial charge in [0, 0.05) is 45.9 Å². The first-order chi connectivity index (χ1) is 39.3. The molecule has 14 rings (SSSR count). The molecule has 3 heterocycles. The molecule has 6 heteroatoms. The van der Waals surface area contributed by atoms with Crippen molar-refractivity contribution in [3.63, 3.8) is 0 Å². The number of ether oxygens (including phenoxy) is 1. The summed E-state index contributed by atoms with van der Waals surface area (Å²) < 4.78 is 26.0. The molecule has 1 atom stereocenters. The van der Waals surface area contributed by atoms with E-state index in [-0.39, 0.29) is 16.6 Å². The maximum absolute atomic E-state index is 16.3. The molecule has 0 N–H and O–H groups in total. The van der Waals surface area contributed by atoms with E-state index >= 15 is 4.39 Å². The molecule has 2 aliphatic rings. The van der Waals surface area contributed by atoms with E-state index in [1.54, 1.807) is 12.1 Å². The van der Waals surface area contributed by atoms with Crippen molar-refractivity contribution in [1.82, 2.24) is 9.55 Å². The van der Waals surface area contributed by atoms with Gasteiger partial charge in [0.05, 0.1) is 33.5 Å². The van der Waals surface area contributed by atoms with Crippen LogP contribution in [0.4, 0.5) is 27.1 Å². The van der Waals surface area contributed by atoms with E-state index in [0.29, 0.717) is 18.2 Å². The minimum Gasteiger partial charge on any atom is -0.457 e. The van der Waals surface area contributed by atoms with Gasteiger partial charge in [0.25, 0.3) is 0 Å². The van der Waals surface area contributed by atoms with Gasteiger partial charge in [-0.15, -0.1) is 0 Å². The van der Waals surface area contributed by atoms with Crippen LogP contribution in [-0.4, -0.2) is 16.2 Å². The van der Waals surface area contributed by atoms with Gasteiger partial charge in [0.1, 0.15) is 29.8 Å². The second-order valence-electron chi connectivity index (χ2n) is 23.7. The van der Waals surface area contributed by atoms with Gasteiger partial charge in [-0.25, -0.2) is 9.37 Å². The van der Waals surface area contributed by atoms with E-state index < -0.39 is 5.41 Å². The first-order valence-electron chi connectivity index (χ1n) is 28.1. The van der Waals surface area contributed by atoms with Gasteiger partial charge < -0.3 is 14.5 Å². The van der Waals surface area contributed by atoms with Gasteiger partial charge in [0.15, 0.2) is 0 Å². The van der Waals surface area contributed by atoms with Crippen LogP contribution in [0.25, 0.3) is 61.0 Å². The molecule has 0 saturated heterocycles. The zero-order valence-corrected chi connectivity index (χ0v) is 46.5. The largest absolute Gasteiger partial charge is 0.457 e. The molecule has 394 valence electrons. The van der Waals surface area contributed by atoms with Crippen molar-refractivity contribution in [3.05, 3.63) is 288 Å². The highest BCUT2D eigenvalue weighted by Crippen LogP contribution is 2.58. The molecule has 5 nitrogen and oxygen atoms in total. The minimum atomic E-state index is -0.960. The number of rotatable bonds is 9. The van der Waals surface area contributed by atoms with Crippen molar-refractivity contribution < 1.29 is 9.13 Å². The van der Waals surface area contributed by atoms with Crippen molar-refractivity contribution in [3.8, 4) is 50.7 Å². The van der Waals surface area contributed by atoms with E-state index in [9.17, 15) is 0 Å². The molecule has 1 aliphatic heterocycles. The number of para-hydroxylation sites is 4. The summed E-state index contributed by atoms with van der Waals surface area (Å²) in [5.74, 6) is 1.89. The number of pyridine rings is 1. The van der Waals surface area contributed by atoms with Crippen molar-refractivity contribution in [2.24, 2.45) is 0 Å². The number of fused-ring (bicyclic) bond motifs is 7. The third kappa shape index (κ3) is 8.31. The summed E-state index contributed by atoms with van der Waals surface area (Å²) in [6.45, 7) is 13.9. The maximum atomic E-state index is 16.3.